The number of piperidine rings is 1. The van der Waals surface area contributed by atoms with Crippen molar-refractivity contribution in [3.8, 4) is 0 Å². The van der Waals surface area contributed by atoms with Crippen molar-refractivity contribution in [2.45, 2.75) is 36.9 Å². The molecule has 1 aliphatic rings. The summed E-state index contributed by atoms with van der Waals surface area (Å²) in [6.07, 6.45) is -1.71. The lowest BCUT2D eigenvalue weighted by atomic mass is 9.89. The maximum absolute atomic E-state index is 10.2. The summed E-state index contributed by atoms with van der Waals surface area (Å²) < 4.78 is 8.62. The topological polar surface area (TPSA) is 106 Å². The zero-order valence-electron chi connectivity index (χ0n) is 13.9. The van der Waals surface area contributed by atoms with E-state index in [-0.39, 0.29) is 26.1 Å². The van der Waals surface area contributed by atoms with Crippen LogP contribution in [0.3, 0.4) is 0 Å². The second kappa shape index (κ2) is 8.54. The van der Waals surface area contributed by atoms with Gasteiger partial charge in [-0.3, -0.25) is 0 Å². The Hall–Kier alpha value is -1.28. The van der Waals surface area contributed by atoms with E-state index in [1.54, 1.807) is 6.08 Å². The van der Waals surface area contributed by atoms with E-state index in [1.807, 2.05) is 36.4 Å². The summed E-state index contributed by atoms with van der Waals surface area (Å²) >= 11 is 0. The van der Waals surface area contributed by atoms with Gasteiger partial charge >= 0.3 is 1.41 Å². The summed E-state index contributed by atoms with van der Waals surface area (Å²) in [5, 5.41) is 49.3. The molecule has 2 rings (SSSR count). The molecular formula is C17H26NO5+. The molecule has 6 N–H and O–H groups in total. The third-order valence-corrected chi connectivity index (χ3v) is 4.21. The fraction of sp³-hybridized carbons (Fsp3) is 0.529. The number of benzene rings is 1. The molecule has 0 bridgehead atoms. The molecule has 0 saturated carbocycles. The summed E-state index contributed by atoms with van der Waals surface area (Å²) in [6, 6.07) is 8.48. The summed E-state index contributed by atoms with van der Waals surface area (Å²) in [5.74, 6) is 0. The molecule has 1 unspecified atom stereocenters. The molecule has 1 aliphatic heterocycles. The lowest BCUT2D eigenvalue weighted by Gasteiger charge is -2.42. The molecule has 1 fully saturated rings. The Morgan fingerprint density at radius 3 is 2.57 bits per heavy atom. The van der Waals surface area contributed by atoms with Gasteiger partial charge in [-0.05, 0) is 11.6 Å². The molecular weight excluding hydrogens is 298 g/mol. The highest BCUT2D eigenvalue weighted by Gasteiger charge is 2.47. The second-order valence-electron chi connectivity index (χ2n) is 5.89. The first kappa shape index (κ1) is 16.6. The van der Waals surface area contributed by atoms with Crippen molar-refractivity contribution < 1.29 is 31.8 Å². The molecule has 6 nitrogen and oxygen atoms in total. The normalized spacial score (nSPS) is 36.8. The van der Waals surface area contributed by atoms with Gasteiger partial charge in [-0.2, -0.15) is 0 Å². The van der Waals surface area contributed by atoms with E-state index in [0.29, 0.717) is 0 Å². The number of nitrogens with one attached hydrogen (secondary N) is 1. The smallest absolute Gasteiger partial charge is 0.348 e. The largest absolute Gasteiger partial charge is 0.396 e. The summed E-state index contributed by atoms with van der Waals surface area (Å²) in [5.41, 5.74) is 0.953. The number of aliphatic hydroxyl groups is 5. The van der Waals surface area contributed by atoms with E-state index in [1.165, 1.54) is 0 Å². The van der Waals surface area contributed by atoms with Gasteiger partial charge in [0.2, 0.25) is 0 Å². The van der Waals surface area contributed by atoms with Gasteiger partial charge in [-0.1, -0.05) is 36.4 Å². The Morgan fingerprint density at radius 2 is 1.91 bits per heavy atom. The fourth-order valence-electron chi connectivity index (χ4n) is 2.97. The predicted octanol–water partition coefficient (Wildman–Crippen LogP) is -2.21. The van der Waals surface area contributed by atoms with Crippen molar-refractivity contribution in [1.29, 1.82) is 0 Å². The van der Waals surface area contributed by atoms with Crippen molar-refractivity contribution >= 4 is 6.08 Å². The Morgan fingerprint density at radius 1 is 1.22 bits per heavy atom. The van der Waals surface area contributed by atoms with Gasteiger partial charge in [0.1, 0.15) is 37.0 Å². The van der Waals surface area contributed by atoms with Gasteiger partial charge in [-0.15, -0.1) is 0 Å². The van der Waals surface area contributed by atoms with Crippen LogP contribution < -0.4 is 4.89 Å². The minimum absolute atomic E-state index is 0.00811. The molecule has 1 heterocycles. The van der Waals surface area contributed by atoms with Gasteiger partial charge in [-0.25, -0.2) is 0 Å². The van der Waals surface area contributed by atoms with E-state index in [4.69, 9.17) is 6.52 Å². The molecule has 0 spiro atoms. The minimum Gasteiger partial charge on any atom is -0.396 e. The molecule has 128 valence electrons. The quantitative estimate of drug-likeness (QED) is 0.356. The number of hydrogen-bond donors (Lipinski definition) is 6. The van der Waals surface area contributed by atoms with Gasteiger partial charge in [0.05, 0.1) is 6.54 Å². The Labute approximate surface area is 137 Å². The molecule has 1 saturated heterocycles. The van der Waals surface area contributed by atoms with Crippen LogP contribution in [0.4, 0.5) is 0 Å². The van der Waals surface area contributed by atoms with Crippen LogP contribution in [-0.4, -0.2) is 75.7 Å². The molecule has 23 heavy (non-hydrogen) atoms. The number of likely N-dealkylation sites (tertiary alicyclic amines) is 1. The van der Waals surface area contributed by atoms with Crippen LogP contribution in [0, 0.1) is 0 Å². The van der Waals surface area contributed by atoms with Crippen molar-refractivity contribution in [2.24, 2.45) is 0 Å². The van der Waals surface area contributed by atoms with Gasteiger partial charge in [0, 0.05) is 13.0 Å². The second-order valence-corrected chi connectivity index (χ2v) is 5.89. The highest BCUT2D eigenvalue weighted by molar-refractivity contribution is 5.48. The average Bonchev–Trinajstić information content (AvgIpc) is 2.54. The van der Waals surface area contributed by atoms with Crippen LogP contribution in [0.2, 0.25) is 1.41 Å². The van der Waals surface area contributed by atoms with Crippen molar-refractivity contribution in [3.05, 3.63) is 42.0 Å². The fourth-order valence-corrected chi connectivity index (χ4v) is 2.97. The maximum atomic E-state index is 10.2. The van der Waals surface area contributed by atoms with Crippen LogP contribution in [-0.2, 0) is 0 Å². The highest BCUT2D eigenvalue weighted by atomic mass is 16.4. The van der Waals surface area contributed by atoms with Crippen molar-refractivity contribution in [2.75, 3.05) is 19.7 Å². The average molecular weight is 325 g/mol. The third kappa shape index (κ3) is 4.60. The lowest BCUT2D eigenvalue weighted by molar-refractivity contribution is -0.937. The molecule has 0 aromatic heterocycles. The molecule has 6 heteroatoms. The summed E-state index contributed by atoms with van der Waals surface area (Å²) in [4.78, 5) is -0.566. The van der Waals surface area contributed by atoms with E-state index in [2.05, 4.69) is 0 Å². The van der Waals surface area contributed by atoms with Crippen molar-refractivity contribution in [3.63, 3.8) is 0 Å². The minimum atomic E-state index is -1.45. The first-order chi connectivity index (χ1) is 11.4. The predicted molar refractivity (Wildman–Crippen MR) is 85.7 cm³/mol. The summed E-state index contributed by atoms with van der Waals surface area (Å²) in [6.45, 7) is -0.268. The Kier molecular flexibility index (Phi) is 6.15. The van der Waals surface area contributed by atoms with Gasteiger partial charge in [0.25, 0.3) is 0 Å². The zero-order valence-corrected chi connectivity index (χ0v) is 12.9. The van der Waals surface area contributed by atoms with E-state index >= 15 is 0 Å². The number of rotatable bonds is 6. The van der Waals surface area contributed by atoms with E-state index in [9.17, 15) is 20.4 Å². The first-order valence-electron chi connectivity index (χ1n) is 8.28. The van der Waals surface area contributed by atoms with Gasteiger partial charge < -0.3 is 30.4 Å². The highest BCUT2D eigenvalue weighted by Crippen LogP contribution is 2.12. The Bertz CT molecular complexity index is 543. The molecule has 1 aromatic carbocycles. The van der Waals surface area contributed by atoms with Crippen LogP contribution in [0.5, 0.6) is 0 Å². The number of quaternary nitrogens is 1. The van der Waals surface area contributed by atoms with Crippen molar-refractivity contribution in [1.82, 2.24) is 0 Å². The lowest BCUT2D eigenvalue weighted by Crippen LogP contribution is -3.21. The van der Waals surface area contributed by atoms with Crippen LogP contribution in [0.15, 0.2) is 36.4 Å². The van der Waals surface area contributed by atoms with Crippen LogP contribution >= 0.6 is 0 Å². The zero-order chi connectivity index (χ0) is 17.7. The summed E-state index contributed by atoms with van der Waals surface area (Å²) in [7, 11) is 0. The van der Waals surface area contributed by atoms with Crippen LogP contribution in [0.1, 0.15) is 12.0 Å². The van der Waals surface area contributed by atoms with E-state index in [0.717, 1.165) is 5.56 Å². The van der Waals surface area contributed by atoms with Crippen LogP contribution in [0.25, 0.3) is 6.08 Å². The Balaban J connectivity index is 2.19. The molecule has 0 radical (unpaired) electrons. The molecule has 0 amide bonds. The van der Waals surface area contributed by atoms with E-state index < -0.39 is 35.4 Å². The molecule has 1 aromatic rings. The molecule has 0 aliphatic carbocycles. The molecule has 6 atom stereocenters. The van der Waals surface area contributed by atoms with Gasteiger partial charge in [0.15, 0.2) is 0 Å². The third-order valence-electron chi connectivity index (χ3n) is 4.21. The standard InChI is InChI=1S/C17H25NO5/c19-10-8-13(20)15-17(23)16(22)14(21)11-18(15)9-4-7-12-5-2-1-3-6-12/h1-7,13-17,19-23H,8-11H2/p+1/t13-,14+,15+,16+,17-/m1/s1/i/hD. The maximum Gasteiger partial charge on any atom is 0.348 e. The SMILES string of the molecule is [2H][N+]1(CC=Cc2ccccc2)C[C@H](O)[C@H](O)[C@H](O)[C@@H]1[C@H](O)CCO. The number of hydrogen-bond acceptors (Lipinski definition) is 5. The first-order valence-corrected chi connectivity index (χ1v) is 7.83. The monoisotopic (exact) mass is 325 g/mol. The number of aliphatic hydroxyl groups excluding tert-OH is 5.